The lowest BCUT2D eigenvalue weighted by Gasteiger charge is -2.02. The van der Waals surface area contributed by atoms with Crippen molar-refractivity contribution >= 4 is 11.2 Å². The van der Waals surface area contributed by atoms with Crippen molar-refractivity contribution in [2.45, 2.75) is 6.61 Å². The molecule has 2 aromatic heterocycles. The van der Waals surface area contributed by atoms with Gasteiger partial charge in [0.2, 0.25) is 0 Å². The predicted octanol–water partition coefficient (Wildman–Crippen LogP) is 1.31. The molecule has 17 heavy (non-hydrogen) atoms. The molecule has 3 rings (SSSR count). The third kappa shape index (κ3) is 1.57. The molecular formula is C12H10N4O. The number of para-hydroxylation sites is 1. The van der Waals surface area contributed by atoms with Crippen LogP contribution in [0, 0.1) is 0 Å². The number of hydrogen-bond donors (Lipinski definition) is 1. The van der Waals surface area contributed by atoms with Crippen molar-refractivity contribution in [2.75, 3.05) is 0 Å². The highest BCUT2D eigenvalue weighted by atomic mass is 16.3. The summed E-state index contributed by atoms with van der Waals surface area (Å²) >= 11 is 0. The van der Waals surface area contributed by atoms with Crippen LogP contribution < -0.4 is 0 Å². The van der Waals surface area contributed by atoms with E-state index in [-0.39, 0.29) is 6.61 Å². The number of aromatic nitrogens is 4. The molecule has 0 radical (unpaired) electrons. The van der Waals surface area contributed by atoms with Gasteiger partial charge >= 0.3 is 0 Å². The molecule has 2 heterocycles. The first-order valence-electron chi connectivity index (χ1n) is 5.23. The van der Waals surface area contributed by atoms with Gasteiger partial charge in [-0.1, -0.05) is 18.2 Å². The molecule has 0 fully saturated rings. The molecule has 84 valence electrons. The van der Waals surface area contributed by atoms with Gasteiger partial charge in [0, 0.05) is 5.69 Å². The molecule has 1 N–H and O–H groups in total. The van der Waals surface area contributed by atoms with E-state index < -0.39 is 0 Å². The summed E-state index contributed by atoms with van der Waals surface area (Å²) in [5.74, 6) is 0. The molecule has 0 amide bonds. The van der Waals surface area contributed by atoms with Gasteiger partial charge in [-0.2, -0.15) is 0 Å². The van der Waals surface area contributed by atoms with Gasteiger partial charge in [0.15, 0.2) is 5.65 Å². The molecule has 5 nitrogen and oxygen atoms in total. The Labute approximate surface area is 97.4 Å². The standard InChI is InChI=1S/C12H10N4O/c17-6-10-11-12(14-7-13-10)16(8-15-11)9-4-2-1-3-5-9/h1-5,7-8,17H,6H2. The first-order chi connectivity index (χ1) is 8.40. The van der Waals surface area contributed by atoms with Gasteiger partial charge in [-0.3, -0.25) is 4.57 Å². The van der Waals surface area contributed by atoms with E-state index in [2.05, 4.69) is 15.0 Å². The maximum Gasteiger partial charge on any atom is 0.168 e. The Hall–Kier alpha value is -2.27. The smallest absolute Gasteiger partial charge is 0.168 e. The highest BCUT2D eigenvalue weighted by Gasteiger charge is 2.09. The van der Waals surface area contributed by atoms with Gasteiger partial charge in [-0.05, 0) is 12.1 Å². The van der Waals surface area contributed by atoms with Gasteiger partial charge < -0.3 is 5.11 Å². The molecule has 1 aromatic carbocycles. The van der Waals surface area contributed by atoms with Crippen LogP contribution in [0.3, 0.4) is 0 Å². The van der Waals surface area contributed by atoms with E-state index in [1.807, 2.05) is 34.9 Å². The maximum atomic E-state index is 9.18. The second-order valence-corrected chi connectivity index (χ2v) is 3.60. The zero-order valence-corrected chi connectivity index (χ0v) is 8.98. The van der Waals surface area contributed by atoms with Crippen LogP contribution in [-0.2, 0) is 6.61 Å². The van der Waals surface area contributed by atoms with E-state index in [1.165, 1.54) is 6.33 Å². The van der Waals surface area contributed by atoms with E-state index in [9.17, 15) is 5.11 Å². The third-order valence-electron chi connectivity index (χ3n) is 2.59. The number of hydrogen-bond acceptors (Lipinski definition) is 4. The van der Waals surface area contributed by atoms with E-state index >= 15 is 0 Å². The van der Waals surface area contributed by atoms with Crippen LogP contribution in [0.5, 0.6) is 0 Å². The summed E-state index contributed by atoms with van der Waals surface area (Å²) in [6.45, 7) is -0.134. The third-order valence-corrected chi connectivity index (χ3v) is 2.59. The second kappa shape index (κ2) is 3.95. The Morgan fingerprint density at radius 3 is 2.65 bits per heavy atom. The Kier molecular flexibility index (Phi) is 2.31. The lowest BCUT2D eigenvalue weighted by molar-refractivity contribution is 0.278. The lowest BCUT2D eigenvalue weighted by atomic mass is 10.3. The summed E-state index contributed by atoms with van der Waals surface area (Å²) < 4.78 is 1.87. The van der Waals surface area contributed by atoms with Crippen LogP contribution in [0.15, 0.2) is 43.0 Å². The second-order valence-electron chi connectivity index (χ2n) is 3.60. The number of aliphatic hydroxyl groups is 1. The van der Waals surface area contributed by atoms with Crippen molar-refractivity contribution in [3.63, 3.8) is 0 Å². The zero-order chi connectivity index (χ0) is 11.7. The SMILES string of the molecule is OCc1ncnc2c1ncn2-c1ccccc1. The fourth-order valence-corrected chi connectivity index (χ4v) is 1.78. The number of benzene rings is 1. The summed E-state index contributed by atoms with van der Waals surface area (Å²) in [6, 6.07) is 9.81. The number of fused-ring (bicyclic) bond motifs is 1. The van der Waals surface area contributed by atoms with E-state index in [0.717, 1.165) is 5.69 Å². The first kappa shape index (κ1) is 9.92. The largest absolute Gasteiger partial charge is 0.390 e. The van der Waals surface area contributed by atoms with Crippen LogP contribution in [0.4, 0.5) is 0 Å². The van der Waals surface area contributed by atoms with Crippen molar-refractivity contribution in [1.82, 2.24) is 19.5 Å². The Bertz CT molecular complexity index is 648. The minimum atomic E-state index is -0.134. The van der Waals surface area contributed by atoms with Crippen LogP contribution in [-0.4, -0.2) is 24.6 Å². The highest BCUT2D eigenvalue weighted by molar-refractivity contribution is 5.74. The molecule has 0 atom stereocenters. The number of aliphatic hydroxyl groups excluding tert-OH is 1. The molecular weight excluding hydrogens is 216 g/mol. The molecule has 0 aliphatic heterocycles. The minimum Gasteiger partial charge on any atom is -0.390 e. The molecule has 0 spiro atoms. The minimum absolute atomic E-state index is 0.134. The van der Waals surface area contributed by atoms with Crippen molar-refractivity contribution in [1.29, 1.82) is 0 Å². The molecule has 3 aromatic rings. The Balaban J connectivity index is 2.26. The number of rotatable bonds is 2. The summed E-state index contributed by atoms with van der Waals surface area (Å²) in [7, 11) is 0. The number of imidazole rings is 1. The van der Waals surface area contributed by atoms with E-state index in [1.54, 1.807) is 6.33 Å². The fourth-order valence-electron chi connectivity index (χ4n) is 1.78. The zero-order valence-electron chi connectivity index (χ0n) is 8.98. The fraction of sp³-hybridized carbons (Fsp3) is 0.0833. The maximum absolute atomic E-state index is 9.18. The topological polar surface area (TPSA) is 63.8 Å². The summed E-state index contributed by atoms with van der Waals surface area (Å²) in [5.41, 5.74) is 2.87. The van der Waals surface area contributed by atoms with Gasteiger partial charge in [0.1, 0.15) is 18.2 Å². The van der Waals surface area contributed by atoms with Crippen LogP contribution in [0.1, 0.15) is 5.69 Å². The molecule has 0 aliphatic rings. The van der Waals surface area contributed by atoms with Crippen LogP contribution in [0.2, 0.25) is 0 Å². The summed E-state index contributed by atoms with van der Waals surface area (Å²) in [4.78, 5) is 12.4. The van der Waals surface area contributed by atoms with Gasteiger partial charge in [-0.15, -0.1) is 0 Å². The Morgan fingerprint density at radius 1 is 1.06 bits per heavy atom. The average molecular weight is 226 g/mol. The average Bonchev–Trinajstić information content (AvgIpc) is 2.83. The van der Waals surface area contributed by atoms with Crippen molar-refractivity contribution in [3.8, 4) is 5.69 Å². The number of nitrogens with zero attached hydrogens (tertiary/aromatic N) is 4. The summed E-state index contributed by atoms with van der Waals surface area (Å²) in [6.07, 6.45) is 3.13. The lowest BCUT2D eigenvalue weighted by Crippen LogP contribution is -1.96. The van der Waals surface area contributed by atoms with Crippen molar-refractivity contribution in [2.24, 2.45) is 0 Å². The van der Waals surface area contributed by atoms with E-state index in [4.69, 9.17) is 0 Å². The normalized spacial score (nSPS) is 10.9. The van der Waals surface area contributed by atoms with Gasteiger partial charge in [0.25, 0.3) is 0 Å². The van der Waals surface area contributed by atoms with Crippen molar-refractivity contribution in [3.05, 3.63) is 48.7 Å². The summed E-state index contributed by atoms with van der Waals surface area (Å²) in [5, 5.41) is 9.18. The molecule has 0 saturated heterocycles. The van der Waals surface area contributed by atoms with Gasteiger partial charge in [-0.25, -0.2) is 15.0 Å². The molecule has 5 heteroatoms. The quantitative estimate of drug-likeness (QED) is 0.715. The molecule has 0 bridgehead atoms. The molecule has 0 saturated carbocycles. The Morgan fingerprint density at radius 2 is 1.88 bits per heavy atom. The monoisotopic (exact) mass is 226 g/mol. The molecule has 0 aliphatic carbocycles. The van der Waals surface area contributed by atoms with Gasteiger partial charge in [0.05, 0.1) is 12.3 Å². The first-order valence-corrected chi connectivity index (χ1v) is 5.23. The van der Waals surface area contributed by atoms with Crippen LogP contribution in [0.25, 0.3) is 16.9 Å². The predicted molar refractivity (Wildman–Crippen MR) is 62.6 cm³/mol. The van der Waals surface area contributed by atoms with Crippen molar-refractivity contribution < 1.29 is 5.11 Å². The molecule has 0 unspecified atom stereocenters. The van der Waals surface area contributed by atoms with E-state index in [0.29, 0.717) is 16.9 Å². The highest BCUT2D eigenvalue weighted by Crippen LogP contribution is 2.17. The van der Waals surface area contributed by atoms with Crippen LogP contribution >= 0.6 is 0 Å².